The molecule has 0 aliphatic rings. The Kier molecular flexibility index (Phi) is 36.5. The Morgan fingerprint density at radius 2 is 0.900 bits per heavy atom. The Morgan fingerprint density at radius 3 is 0.900 bits per heavy atom. The predicted molar refractivity (Wildman–Crippen MR) is 21.8 cm³/mol. The summed E-state index contributed by atoms with van der Waals surface area (Å²) in [6, 6.07) is 0. The summed E-state index contributed by atoms with van der Waals surface area (Å²) in [5.74, 6) is 0. The van der Waals surface area contributed by atoms with Gasteiger partial charge in [0.2, 0.25) is 0 Å². The molecule has 0 heterocycles. The average molecular weight is 223 g/mol. The van der Waals surface area contributed by atoms with Crippen LogP contribution in [0.4, 0.5) is 0 Å². The number of hydrogen-bond acceptors (Lipinski definition) is 6. The summed E-state index contributed by atoms with van der Waals surface area (Å²) in [6.45, 7) is 0. The van der Waals surface area contributed by atoms with Gasteiger partial charge in [0.05, 0.1) is 10.2 Å². The molecule has 0 saturated heterocycles. The SMILES string of the molecule is O=[N+]([O-])[O-].O=[N+]([O-])[O-].[Co+2].[H-].[K+]. The Morgan fingerprint density at radius 1 is 0.900 bits per heavy atom. The van der Waals surface area contributed by atoms with Crippen LogP contribution in [0.3, 0.4) is 0 Å². The van der Waals surface area contributed by atoms with E-state index in [0.29, 0.717) is 0 Å². The summed E-state index contributed by atoms with van der Waals surface area (Å²) in [6.07, 6.45) is 0. The van der Waals surface area contributed by atoms with E-state index in [1.165, 1.54) is 0 Å². The van der Waals surface area contributed by atoms with Crippen LogP contribution in [0.2, 0.25) is 0 Å². The third kappa shape index (κ3) is 1650. The van der Waals surface area contributed by atoms with Crippen LogP contribution in [0.5, 0.6) is 0 Å². The van der Waals surface area contributed by atoms with Gasteiger partial charge in [-0.05, 0) is 0 Å². The van der Waals surface area contributed by atoms with Crippen LogP contribution in [0.15, 0.2) is 0 Å². The largest absolute Gasteiger partial charge is 2.00 e. The van der Waals surface area contributed by atoms with Crippen LogP contribution >= 0.6 is 0 Å². The van der Waals surface area contributed by atoms with Crippen LogP contribution in [0.25, 0.3) is 0 Å². The zero-order valence-corrected chi connectivity index (χ0v) is 8.84. The van der Waals surface area contributed by atoms with Crippen molar-refractivity contribution in [1.82, 2.24) is 0 Å². The first-order valence-corrected chi connectivity index (χ1v) is 1.10. The van der Waals surface area contributed by atoms with Gasteiger partial charge < -0.3 is 32.1 Å². The van der Waals surface area contributed by atoms with E-state index in [-0.39, 0.29) is 69.6 Å². The second-order valence-corrected chi connectivity index (χ2v) is 0.447. The molecule has 0 N–H and O–H groups in total. The quantitative estimate of drug-likeness (QED) is 0.239. The smallest absolute Gasteiger partial charge is 1.00 e. The summed E-state index contributed by atoms with van der Waals surface area (Å²) in [5.41, 5.74) is 0. The first-order valence-electron chi connectivity index (χ1n) is 1.10. The molecule has 1 radical (unpaired) electrons. The van der Waals surface area contributed by atoms with Crippen LogP contribution in [-0.4, -0.2) is 10.2 Å². The standard InChI is InChI=1S/Co.K.2NO3.H/c;;2*2-1(3)4;/q+2;+1;3*-1. The van der Waals surface area contributed by atoms with Crippen molar-refractivity contribution in [3.8, 4) is 0 Å². The van der Waals surface area contributed by atoms with Gasteiger partial charge in [0.25, 0.3) is 0 Å². The molecule has 0 amide bonds. The average Bonchev–Trinajstić information content (AvgIpc) is 1.25. The fraction of sp³-hybridized carbons (Fsp3) is 0. The number of rotatable bonds is 0. The van der Waals surface area contributed by atoms with Gasteiger partial charge in [-0.15, -0.1) is 0 Å². The normalized spacial score (nSPS) is 4.80. The monoisotopic (exact) mass is 223 g/mol. The molecule has 0 aliphatic heterocycles. The molecule has 0 rings (SSSR count). The zero-order chi connectivity index (χ0) is 7.15. The molecule has 0 atom stereocenters. The molecule has 10 heavy (non-hydrogen) atoms. The topological polar surface area (TPSA) is 132 Å². The van der Waals surface area contributed by atoms with E-state index in [9.17, 15) is 0 Å². The van der Waals surface area contributed by atoms with Crippen molar-refractivity contribution in [3.05, 3.63) is 30.6 Å². The molecule has 57 valence electrons. The molecule has 0 aromatic carbocycles. The minimum absolute atomic E-state index is 0. The van der Waals surface area contributed by atoms with E-state index in [2.05, 4.69) is 0 Å². The maximum atomic E-state index is 8.25. The van der Waals surface area contributed by atoms with Crippen molar-refractivity contribution in [2.45, 2.75) is 0 Å². The molecule has 0 aromatic rings. The van der Waals surface area contributed by atoms with Gasteiger partial charge in [-0.25, -0.2) is 0 Å². The van der Waals surface area contributed by atoms with E-state index in [1.54, 1.807) is 0 Å². The van der Waals surface area contributed by atoms with Crippen LogP contribution in [-0.2, 0) is 16.8 Å². The molecule has 0 fully saturated rings. The molecule has 0 saturated carbocycles. The van der Waals surface area contributed by atoms with Gasteiger partial charge in [0, 0.05) is 0 Å². The van der Waals surface area contributed by atoms with Crippen LogP contribution in [0, 0.1) is 30.6 Å². The molecular weight excluding hydrogens is 222 g/mol. The van der Waals surface area contributed by atoms with Crippen molar-refractivity contribution < 1.29 is 79.8 Å². The van der Waals surface area contributed by atoms with Gasteiger partial charge in [-0.3, -0.25) is 0 Å². The summed E-state index contributed by atoms with van der Waals surface area (Å²) in [7, 11) is 0. The molecular formula is HCoKN2O6. The van der Waals surface area contributed by atoms with Gasteiger partial charge in [-0.2, -0.15) is 0 Å². The Bertz CT molecular complexity index is 78.6. The molecule has 0 bridgehead atoms. The predicted octanol–water partition coefficient (Wildman–Crippen LogP) is -3.36. The molecule has 0 aromatic heterocycles. The van der Waals surface area contributed by atoms with E-state index in [1.807, 2.05) is 0 Å². The first-order chi connectivity index (χ1) is 3.46. The maximum absolute atomic E-state index is 8.25. The molecule has 8 nitrogen and oxygen atoms in total. The molecule has 0 aliphatic carbocycles. The van der Waals surface area contributed by atoms with E-state index < -0.39 is 10.2 Å². The Hall–Kier alpha value is 0.543. The van der Waals surface area contributed by atoms with E-state index in [4.69, 9.17) is 30.6 Å². The van der Waals surface area contributed by atoms with Crippen molar-refractivity contribution in [3.63, 3.8) is 0 Å². The minimum atomic E-state index is -1.75. The van der Waals surface area contributed by atoms with Gasteiger partial charge >= 0.3 is 68.2 Å². The fourth-order valence-electron chi connectivity index (χ4n) is 0. The fourth-order valence-corrected chi connectivity index (χ4v) is 0. The molecule has 10 heteroatoms. The second-order valence-electron chi connectivity index (χ2n) is 0.447. The summed E-state index contributed by atoms with van der Waals surface area (Å²) in [4.78, 5) is 16.5. The zero-order valence-electron chi connectivity index (χ0n) is 5.68. The number of hydrogen-bond donors (Lipinski definition) is 0. The van der Waals surface area contributed by atoms with E-state index in [0.717, 1.165) is 0 Å². The van der Waals surface area contributed by atoms with E-state index >= 15 is 0 Å². The Balaban J connectivity index is -0.0000000171. The van der Waals surface area contributed by atoms with Crippen molar-refractivity contribution in [2.75, 3.05) is 0 Å². The summed E-state index contributed by atoms with van der Waals surface area (Å²) >= 11 is 0. The second kappa shape index (κ2) is 16.3. The van der Waals surface area contributed by atoms with Crippen molar-refractivity contribution in [1.29, 1.82) is 0 Å². The van der Waals surface area contributed by atoms with Gasteiger partial charge in [0.1, 0.15) is 0 Å². The van der Waals surface area contributed by atoms with Crippen LogP contribution in [0.1, 0.15) is 1.43 Å². The minimum Gasteiger partial charge on any atom is -1.00 e. The summed E-state index contributed by atoms with van der Waals surface area (Å²) < 4.78 is 0. The number of nitrogens with zero attached hydrogens (tertiary/aromatic N) is 2. The third-order valence-electron chi connectivity index (χ3n) is 0. The van der Waals surface area contributed by atoms with Gasteiger partial charge in [0.15, 0.2) is 0 Å². The Labute approximate surface area is 109 Å². The summed E-state index contributed by atoms with van der Waals surface area (Å²) in [5, 5.41) is 29.5. The molecule has 0 unspecified atom stereocenters. The molecule has 0 spiro atoms. The maximum Gasteiger partial charge on any atom is 2.00 e. The van der Waals surface area contributed by atoms with Crippen molar-refractivity contribution in [2.24, 2.45) is 0 Å². The first kappa shape index (κ1) is 22.4. The van der Waals surface area contributed by atoms with Crippen molar-refractivity contribution >= 4 is 0 Å². The van der Waals surface area contributed by atoms with Crippen LogP contribution < -0.4 is 51.4 Å². The third-order valence-corrected chi connectivity index (χ3v) is 0. The van der Waals surface area contributed by atoms with Gasteiger partial charge in [-0.1, -0.05) is 0 Å².